The van der Waals surface area contributed by atoms with Gasteiger partial charge in [-0.2, -0.15) is 0 Å². The van der Waals surface area contributed by atoms with E-state index in [-0.39, 0.29) is 5.56 Å². The zero-order valence-electron chi connectivity index (χ0n) is 11.6. The number of hydrogen-bond acceptors (Lipinski definition) is 4. The molecular weight excluding hydrogens is 246 g/mol. The van der Waals surface area contributed by atoms with Crippen molar-refractivity contribution in [1.82, 2.24) is 4.90 Å². The summed E-state index contributed by atoms with van der Waals surface area (Å²) in [5, 5.41) is 18.7. The molecule has 0 spiro atoms. The molecule has 19 heavy (non-hydrogen) atoms. The zero-order valence-corrected chi connectivity index (χ0v) is 11.6. The Hall–Kier alpha value is -1.59. The number of aromatic carboxylic acids is 1. The van der Waals surface area contributed by atoms with Crippen LogP contribution in [0.5, 0.6) is 5.75 Å². The maximum Gasteiger partial charge on any atom is 0.339 e. The Labute approximate surface area is 113 Å². The third-order valence-electron chi connectivity index (χ3n) is 2.50. The number of para-hydroxylation sites is 1. The standard InChI is InChI=1S/C14H21NO4/c1-14(2,18)10-15(3)8-9-19-12-7-5-4-6-11(12)13(16)17/h4-7,18H,8-10H2,1-3H3,(H,16,17). The van der Waals surface area contributed by atoms with Crippen molar-refractivity contribution in [2.75, 3.05) is 26.7 Å². The Morgan fingerprint density at radius 1 is 1.37 bits per heavy atom. The third-order valence-corrected chi connectivity index (χ3v) is 2.50. The molecule has 0 heterocycles. The number of benzene rings is 1. The molecule has 0 aliphatic carbocycles. The average Bonchev–Trinajstić information content (AvgIpc) is 2.27. The molecule has 1 rings (SSSR count). The van der Waals surface area contributed by atoms with Gasteiger partial charge >= 0.3 is 5.97 Å². The van der Waals surface area contributed by atoms with E-state index in [4.69, 9.17) is 9.84 Å². The highest BCUT2D eigenvalue weighted by Crippen LogP contribution is 2.17. The van der Waals surface area contributed by atoms with Crippen molar-refractivity contribution < 1.29 is 19.7 Å². The van der Waals surface area contributed by atoms with Gasteiger partial charge in [0.05, 0.1) is 5.60 Å². The predicted molar refractivity (Wildman–Crippen MR) is 72.7 cm³/mol. The number of rotatable bonds is 7. The van der Waals surface area contributed by atoms with E-state index in [9.17, 15) is 9.90 Å². The maximum atomic E-state index is 11.0. The fraction of sp³-hybridized carbons (Fsp3) is 0.500. The third kappa shape index (κ3) is 5.72. The molecule has 106 valence electrons. The van der Waals surface area contributed by atoms with Crippen molar-refractivity contribution in [2.45, 2.75) is 19.4 Å². The van der Waals surface area contributed by atoms with Crippen molar-refractivity contribution >= 4 is 5.97 Å². The van der Waals surface area contributed by atoms with Crippen molar-refractivity contribution in [3.05, 3.63) is 29.8 Å². The van der Waals surface area contributed by atoms with Gasteiger partial charge in [0.1, 0.15) is 17.9 Å². The smallest absolute Gasteiger partial charge is 0.339 e. The van der Waals surface area contributed by atoms with Gasteiger partial charge in [-0.15, -0.1) is 0 Å². The molecule has 0 radical (unpaired) electrons. The monoisotopic (exact) mass is 267 g/mol. The first-order valence-electron chi connectivity index (χ1n) is 6.15. The minimum atomic E-state index is -1.000. The number of ether oxygens (including phenoxy) is 1. The Morgan fingerprint density at radius 3 is 2.58 bits per heavy atom. The molecule has 0 unspecified atom stereocenters. The number of hydrogen-bond donors (Lipinski definition) is 2. The maximum absolute atomic E-state index is 11.0. The van der Waals surface area contributed by atoms with Gasteiger partial charge in [0.25, 0.3) is 0 Å². The van der Waals surface area contributed by atoms with Crippen LogP contribution in [-0.4, -0.2) is 53.4 Å². The normalized spacial score (nSPS) is 11.6. The van der Waals surface area contributed by atoms with Crippen LogP contribution in [0.4, 0.5) is 0 Å². The van der Waals surface area contributed by atoms with Gasteiger partial charge in [0.15, 0.2) is 0 Å². The summed E-state index contributed by atoms with van der Waals surface area (Å²) in [6.07, 6.45) is 0. The quantitative estimate of drug-likeness (QED) is 0.783. The minimum absolute atomic E-state index is 0.160. The lowest BCUT2D eigenvalue weighted by atomic mass is 10.1. The molecule has 0 amide bonds. The van der Waals surface area contributed by atoms with Crippen LogP contribution < -0.4 is 4.74 Å². The lowest BCUT2D eigenvalue weighted by molar-refractivity contribution is 0.0411. The molecule has 1 aromatic carbocycles. The summed E-state index contributed by atoms with van der Waals surface area (Å²) in [7, 11) is 1.88. The highest BCUT2D eigenvalue weighted by molar-refractivity contribution is 5.90. The largest absolute Gasteiger partial charge is 0.491 e. The van der Waals surface area contributed by atoms with Crippen molar-refractivity contribution in [1.29, 1.82) is 0 Å². The van der Waals surface area contributed by atoms with Crippen LogP contribution in [0.25, 0.3) is 0 Å². The summed E-state index contributed by atoms with van der Waals surface area (Å²) in [6, 6.07) is 6.55. The first-order chi connectivity index (χ1) is 8.79. The van der Waals surface area contributed by atoms with E-state index in [0.29, 0.717) is 25.4 Å². The SMILES string of the molecule is CN(CCOc1ccccc1C(=O)O)CC(C)(C)O. The van der Waals surface area contributed by atoms with Crippen LogP contribution in [0.1, 0.15) is 24.2 Å². The summed E-state index contributed by atoms with van der Waals surface area (Å²) in [4.78, 5) is 12.9. The summed E-state index contributed by atoms with van der Waals surface area (Å²) in [5.74, 6) is -0.632. The molecule has 1 aromatic rings. The Morgan fingerprint density at radius 2 is 2.00 bits per heavy atom. The molecule has 0 atom stereocenters. The summed E-state index contributed by atoms with van der Waals surface area (Å²) >= 11 is 0. The molecule has 0 saturated heterocycles. The summed E-state index contributed by atoms with van der Waals surface area (Å²) in [5.41, 5.74) is -0.596. The Balaban J connectivity index is 2.48. The van der Waals surface area contributed by atoms with Gasteiger partial charge in [0.2, 0.25) is 0 Å². The second-order valence-electron chi connectivity index (χ2n) is 5.20. The summed E-state index contributed by atoms with van der Waals surface area (Å²) in [6.45, 7) is 4.99. The number of carboxylic acid groups (broad SMARTS) is 1. The first kappa shape index (κ1) is 15.5. The molecule has 2 N–H and O–H groups in total. The number of nitrogens with zero attached hydrogens (tertiary/aromatic N) is 1. The van der Waals surface area contributed by atoms with Gasteiger partial charge in [0, 0.05) is 13.1 Å². The molecule has 0 aromatic heterocycles. The topological polar surface area (TPSA) is 70.0 Å². The summed E-state index contributed by atoms with van der Waals surface area (Å²) < 4.78 is 5.48. The highest BCUT2D eigenvalue weighted by atomic mass is 16.5. The first-order valence-corrected chi connectivity index (χ1v) is 6.15. The molecule has 0 aliphatic rings. The van der Waals surface area contributed by atoms with Crippen LogP contribution in [-0.2, 0) is 0 Å². The van der Waals surface area contributed by atoms with E-state index >= 15 is 0 Å². The van der Waals surface area contributed by atoms with E-state index in [1.54, 1.807) is 32.0 Å². The van der Waals surface area contributed by atoms with Crippen molar-refractivity contribution in [3.63, 3.8) is 0 Å². The molecule has 0 aliphatic heterocycles. The number of carbonyl (C=O) groups is 1. The molecule has 0 fully saturated rings. The van der Waals surface area contributed by atoms with Crippen molar-refractivity contribution in [2.24, 2.45) is 0 Å². The molecule has 5 heteroatoms. The van der Waals surface area contributed by atoms with E-state index in [1.807, 2.05) is 11.9 Å². The van der Waals surface area contributed by atoms with Crippen LogP contribution >= 0.6 is 0 Å². The van der Waals surface area contributed by atoms with Gasteiger partial charge in [-0.3, -0.25) is 0 Å². The van der Waals surface area contributed by atoms with Crippen LogP contribution in [0.3, 0.4) is 0 Å². The van der Waals surface area contributed by atoms with Gasteiger partial charge < -0.3 is 19.8 Å². The number of likely N-dealkylation sites (N-methyl/N-ethyl adjacent to an activating group) is 1. The highest BCUT2D eigenvalue weighted by Gasteiger charge is 2.15. The average molecular weight is 267 g/mol. The second kappa shape index (κ2) is 6.54. The lowest BCUT2D eigenvalue weighted by Crippen LogP contribution is -2.38. The fourth-order valence-corrected chi connectivity index (χ4v) is 1.82. The van der Waals surface area contributed by atoms with E-state index in [1.165, 1.54) is 6.07 Å². The number of aliphatic hydroxyl groups is 1. The van der Waals surface area contributed by atoms with Crippen molar-refractivity contribution in [3.8, 4) is 5.75 Å². The fourth-order valence-electron chi connectivity index (χ4n) is 1.82. The van der Waals surface area contributed by atoms with Crippen LogP contribution in [0.2, 0.25) is 0 Å². The van der Waals surface area contributed by atoms with E-state index in [0.717, 1.165) is 0 Å². The molecule has 0 bridgehead atoms. The Bertz CT molecular complexity index is 426. The predicted octanol–water partition coefficient (Wildman–Crippen LogP) is 1.47. The van der Waals surface area contributed by atoms with E-state index < -0.39 is 11.6 Å². The molecule has 0 saturated carbocycles. The molecule has 5 nitrogen and oxygen atoms in total. The van der Waals surface area contributed by atoms with Gasteiger partial charge in [-0.25, -0.2) is 4.79 Å². The van der Waals surface area contributed by atoms with Gasteiger partial charge in [-0.1, -0.05) is 12.1 Å². The van der Waals surface area contributed by atoms with Crippen LogP contribution in [0.15, 0.2) is 24.3 Å². The minimum Gasteiger partial charge on any atom is -0.491 e. The van der Waals surface area contributed by atoms with E-state index in [2.05, 4.69) is 0 Å². The van der Waals surface area contributed by atoms with Crippen LogP contribution in [0, 0.1) is 0 Å². The van der Waals surface area contributed by atoms with Gasteiger partial charge in [-0.05, 0) is 33.0 Å². The Kier molecular flexibility index (Phi) is 5.32. The zero-order chi connectivity index (χ0) is 14.5. The number of carboxylic acids is 1. The lowest BCUT2D eigenvalue weighted by Gasteiger charge is -2.25. The second-order valence-corrected chi connectivity index (χ2v) is 5.20. The molecular formula is C14H21NO4.